The molecule has 0 radical (unpaired) electrons. The first-order valence-corrected chi connectivity index (χ1v) is 12.3. The third kappa shape index (κ3) is 4.76. The zero-order valence-corrected chi connectivity index (χ0v) is 21.4. The summed E-state index contributed by atoms with van der Waals surface area (Å²) in [5, 5.41) is 0.522. The maximum atomic E-state index is 13.8. The Morgan fingerprint density at radius 3 is 2.66 bits per heavy atom. The van der Waals surface area contributed by atoms with Crippen LogP contribution in [-0.2, 0) is 9.53 Å². The second-order valence-corrected chi connectivity index (χ2v) is 9.10. The molecule has 35 heavy (non-hydrogen) atoms. The maximum absolute atomic E-state index is 13.8. The van der Waals surface area contributed by atoms with E-state index < -0.39 is 12.0 Å². The zero-order chi connectivity index (χ0) is 25.1. The van der Waals surface area contributed by atoms with Crippen molar-refractivity contribution in [3.8, 4) is 11.5 Å². The quantitative estimate of drug-likeness (QED) is 0.449. The van der Waals surface area contributed by atoms with Gasteiger partial charge in [0.2, 0.25) is 0 Å². The van der Waals surface area contributed by atoms with Crippen molar-refractivity contribution >= 4 is 35.0 Å². The number of allylic oxidation sites excluding steroid dienone is 1. The van der Waals surface area contributed by atoms with Gasteiger partial charge in [0.25, 0.3) is 5.56 Å². The van der Waals surface area contributed by atoms with Gasteiger partial charge in [0, 0.05) is 16.1 Å². The van der Waals surface area contributed by atoms with E-state index in [1.807, 2.05) is 31.2 Å². The maximum Gasteiger partial charge on any atom is 0.338 e. The lowest BCUT2D eigenvalue weighted by Crippen LogP contribution is -2.40. The number of para-hydroxylation sites is 1. The second kappa shape index (κ2) is 10.5. The molecule has 0 bridgehead atoms. The van der Waals surface area contributed by atoms with Crippen LogP contribution >= 0.6 is 22.9 Å². The molecule has 0 amide bonds. The van der Waals surface area contributed by atoms with Crippen LogP contribution in [0.1, 0.15) is 37.9 Å². The standard InChI is InChI=1S/C26H25ClN2O5S/c1-5-33-20-10-8-7-9-18(20)23-22(25(31)34-6-2)15(3)28-26-29(23)24(30)21(35-26)14-16-13-17(27)11-12-19(16)32-4/h7-14,23H,5-6H2,1-4H3/b21-14-/t23-/m0/s1. The van der Waals surface area contributed by atoms with Gasteiger partial charge in [0.15, 0.2) is 4.80 Å². The van der Waals surface area contributed by atoms with Crippen molar-refractivity contribution in [3.05, 3.63) is 89.6 Å². The van der Waals surface area contributed by atoms with E-state index in [4.69, 9.17) is 25.8 Å². The Bertz CT molecular complexity index is 1490. The molecule has 182 valence electrons. The van der Waals surface area contributed by atoms with Crippen LogP contribution in [0.25, 0.3) is 6.08 Å². The first kappa shape index (κ1) is 24.8. The number of hydrogen-bond acceptors (Lipinski definition) is 7. The van der Waals surface area contributed by atoms with Crippen molar-refractivity contribution in [1.82, 2.24) is 4.57 Å². The van der Waals surface area contributed by atoms with Gasteiger partial charge in [-0.05, 0) is 51.1 Å². The van der Waals surface area contributed by atoms with Gasteiger partial charge < -0.3 is 14.2 Å². The number of nitrogens with zero attached hydrogens (tertiary/aromatic N) is 2. The number of carbonyl (C=O) groups excluding carboxylic acids is 1. The Labute approximate surface area is 211 Å². The molecule has 7 nitrogen and oxygen atoms in total. The molecule has 2 aromatic carbocycles. The number of aromatic nitrogens is 1. The summed E-state index contributed by atoms with van der Waals surface area (Å²) in [4.78, 5) is 31.9. The number of methoxy groups -OCH3 is 1. The van der Waals surface area contributed by atoms with E-state index >= 15 is 0 Å². The summed E-state index contributed by atoms with van der Waals surface area (Å²) >= 11 is 7.42. The summed E-state index contributed by atoms with van der Waals surface area (Å²) in [6, 6.07) is 11.8. The number of benzene rings is 2. The van der Waals surface area contributed by atoms with Crippen LogP contribution in [0.5, 0.6) is 11.5 Å². The van der Waals surface area contributed by atoms with E-state index in [1.54, 1.807) is 45.2 Å². The number of halogens is 1. The predicted molar refractivity (Wildman–Crippen MR) is 136 cm³/mol. The largest absolute Gasteiger partial charge is 0.496 e. The predicted octanol–water partition coefficient (Wildman–Crippen LogP) is 3.86. The third-order valence-corrected chi connectivity index (χ3v) is 6.73. The SMILES string of the molecule is CCOC(=O)C1=C(C)N=c2s/c(=C\c3cc(Cl)ccc3OC)c(=O)n2[C@H]1c1ccccc1OCC. The van der Waals surface area contributed by atoms with Crippen LogP contribution in [0.15, 0.2) is 63.5 Å². The number of hydrogen-bond donors (Lipinski definition) is 0. The average molecular weight is 513 g/mol. The van der Waals surface area contributed by atoms with Crippen LogP contribution in [0.4, 0.5) is 0 Å². The van der Waals surface area contributed by atoms with Gasteiger partial charge >= 0.3 is 5.97 Å². The van der Waals surface area contributed by atoms with Crippen molar-refractivity contribution in [1.29, 1.82) is 0 Å². The van der Waals surface area contributed by atoms with Gasteiger partial charge in [-0.15, -0.1) is 0 Å². The van der Waals surface area contributed by atoms with Crippen LogP contribution in [0.3, 0.4) is 0 Å². The number of ether oxygens (including phenoxy) is 3. The van der Waals surface area contributed by atoms with Crippen molar-refractivity contribution in [3.63, 3.8) is 0 Å². The van der Waals surface area contributed by atoms with Gasteiger partial charge in [-0.25, -0.2) is 9.79 Å². The fourth-order valence-electron chi connectivity index (χ4n) is 4.04. The fourth-order valence-corrected chi connectivity index (χ4v) is 5.26. The fraction of sp³-hybridized carbons (Fsp3) is 0.269. The lowest BCUT2D eigenvalue weighted by molar-refractivity contribution is -0.139. The molecule has 2 heterocycles. The smallest absolute Gasteiger partial charge is 0.338 e. The summed E-state index contributed by atoms with van der Waals surface area (Å²) in [5.74, 6) is 0.653. The molecule has 3 aromatic rings. The highest BCUT2D eigenvalue weighted by Crippen LogP contribution is 2.35. The summed E-state index contributed by atoms with van der Waals surface area (Å²) in [6.07, 6.45) is 1.73. The van der Waals surface area contributed by atoms with Gasteiger partial charge in [-0.1, -0.05) is 41.1 Å². The Hall–Kier alpha value is -3.36. The molecular weight excluding hydrogens is 488 g/mol. The van der Waals surface area contributed by atoms with E-state index in [0.717, 1.165) is 0 Å². The Balaban J connectivity index is 2.00. The molecule has 1 aliphatic heterocycles. The van der Waals surface area contributed by atoms with E-state index in [1.165, 1.54) is 15.9 Å². The molecule has 0 saturated heterocycles. The summed E-state index contributed by atoms with van der Waals surface area (Å²) in [5.41, 5.74) is 1.85. The highest BCUT2D eigenvalue weighted by Gasteiger charge is 2.35. The molecule has 0 fully saturated rings. The monoisotopic (exact) mass is 512 g/mol. The number of fused-ring (bicyclic) bond motifs is 1. The lowest BCUT2D eigenvalue weighted by Gasteiger charge is -2.26. The first-order chi connectivity index (χ1) is 16.9. The molecule has 0 N–H and O–H groups in total. The van der Waals surface area contributed by atoms with Crippen molar-refractivity contribution in [2.45, 2.75) is 26.8 Å². The molecule has 1 atom stereocenters. The summed E-state index contributed by atoms with van der Waals surface area (Å²) < 4.78 is 18.6. The molecule has 1 aliphatic rings. The summed E-state index contributed by atoms with van der Waals surface area (Å²) in [6.45, 7) is 6.01. The van der Waals surface area contributed by atoms with Gasteiger partial charge in [-0.2, -0.15) is 0 Å². The number of carbonyl (C=O) groups is 1. The average Bonchev–Trinajstić information content (AvgIpc) is 3.13. The first-order valence-electron chi connectivity index (χ1n) is 11.1. The molecule has 0 spiro atoms. The number of thiazole rings is 1. The van der Waals surface area contributed by atoms with Gasteiger partial charge in [0.1, 0.15) is 17.5 Å². The minimum Gasteiger partial charge on any atom is -0.496 e. The van der Waals surface area contributed by atoms with E-state index in [9.17, 15) is 9.59 Å². The molecule has 9 heteroatoms. The normalized spacial score (nSPS) is 15.5. The Morgan fingerprint density at radius 2 is 1.94 bits per heavy atom. The highest BCUT2D eigenvalue weighted by molar-refractivity contribution is 7.07. The molecule has 0 saturated carbocycles. The van der Waals surface area contributed by atoms with E-state index in [0.29, 0.717) is 54.9 Å². The number of esters is 1. The van der Waals surface area contributed by atoms with Crippen LogP contribution in [0, 0.1) is 0 Å². The van der Waals surface area contributed by atoms with Crippen LogP contribution in [0.2, 0.25) is 5.02 Å². The topological polar surface area (TPSA) is 79.1 Å². The van der Waals surface area contributed by atoms with Gasteiger partial charge in [0.05, 0.1) is 36.1 Å². The second-order valence-electron chi connectivity index (χ2n) is 7.66. The van der Waals surface area contributed by atoms with Crippen molar-refractivity contribution in [2.24, 2.45) is 4.99 Å². The third-order valence-electron chi connectivity index (χ3n) is 5.51. The molecule has 0 unspecified atom stereocenters. The Kier molecular flexibility index (Phi) is 7.42. The molecule has 0 aliphatic carbocycles. The van der Waals surface area contributed by atoms with Gasteiger partial charge in [-0.3, -0.25) is 9.36 Å². The minimum absolute atomic E-state index is 0.203. The minimum atomic E-state index is -0.753. The van der Waals surface area contributed by atoms with Crippen molar-refractivity contribution in [2.75, 3.05) is 20.3 Å². The molecule has 1 aromatic heterocycles. The Morgan fingerprint density at radius 1 is 1.17 bits per heavy atom. The molecule has 4 rings (SSSR count). The summed E-state index contributed by atoms with van der Waals surface area (Å²) in [7, 11) is 1.56. The zero-order valence-electron chi connectivity index (χ0n) is 19.8. The van der Waals surface area contributed by atoms with Crippen LogP contribution in [-0.4, -0.2) is 30.9 Å². The lowest BCUT2D eigenvalue weighted by atomic mass is 9.95. The number of rotatable bonds is 7. The van der Waals surface area contributed by atoms with E-state index in [-0.39, 0.29) is 12.2 Å². The van der Waals surface area contributed by atoms with E-state index in [2.05, 4.69) is 4.99 Å². The van der Waals surface area contributed by atoms with Crippen LogP contribution < -0.4 is 24.4 Å². The molecular formula is C26H25ClN2O5S. The van der Waals surface area contributed by atoms with Crippen molar-refractivity contribution < 1.29 is 19.0 Å². The highest BCUT2D eigenvalue weighted by atomic mass is 35.5.